The SMILES string of the molecule is CC1(O)CN(C(=O)c2csc(-c3ccco3)n2)C1. The monoisotopic (exact) mass is 264 g/mol. The number of β-amino-alcohol motifs (C(OH)–C–C–N with tert-alkyl or cyclic N) is 1. The molecule has 3 rings (SSSR count). The van der Waals surface area contributed by atoms with Crippen LogP contribution in [-0.2, 0) is 0 Å². The Morgan fingerprint density at radius 1 is 1.61 bits per heavy atom. The molecule has 1 fully saturated rings. The summed E-state index contributed by atoms with van der Waals surface area (Å²) in [5.41, 5.74) is -0.350. The molecule has 1 amide bonds. The molecule has 0 spiro atoms. The third-order valence-corrected chi connectivity index (χ3v) is 3.66. The average molecular weight is 264 g/mol. The molecule has 18 heavy (non-hydrogen) atoms. The summed E-state index contributed by atoms with van der Waals surface area (Å²) < 4.78 is 5.23. The third kappa shape index (κ3) is 1.93. The van der Waals surface area contributed by atoms with E-state index in [4.69, 9.17) is 4.42 Å². The van der Waals surface area contributed by atoms with Crippen LogP contribution in [0.4, 0.5) is 0 Å². The van der Waals surface area contributed by atoms with Gasteiger partial charge < -0.3 is 14.4 Å². The second kappa shape index (κ2) is 3.93. The predicted octanol–water partition coefficient (Wildman–Crippen LogP) is 1.61. The van der Waals surface area contributed by atoms with Gasteiger partial charge in [0, 0.05) is 5.38 Å². The van der Waals surface area contributed by atoms with E-state index >= 15 is 0 Å². The van der Waals surface area contributed by atoms with E-state index in [1.807, 2.05) is 6.07 Å². The van der Waals surface area contributed by atoms with Crippen molar-refractivity contribution in [1.82, 2.24) is 9.88 Å². The van der Waals surface area contributed by atoms with Crippen molar-refractivity contribution in [3.63, 3.8) is 0 Å². The second-order valence-corrected chi connectivity index (χ2v) is 5.53. The van der Waals surface area contributed by atoms with Crippen molar-refractivity contribution in [2.45, 2.75) is 12.5 Å². The molecule has 6 heteroatoms. The number of rotatable bonds is 2. The number of thiazole rings is 1. The Kier molecular flexibility index (Phi) is 2.49. The summed E-state index contributed by atoms with van der Waals surface area (Å²) in [6.45, 7) is 2.44. The zero-order chi connectivity index (χ0) is 12.8. The highest BCUT2D eigenvalue weighted by atomic mass is 32.1. The quantitative estimate of drug-likeness (QED) is 0.895. The van der Waals surface area contributed by atoms with Crippen LogP contribution in [0.5, 0.6) is 0 Å². The number of aliphatic hydroxyl groups is 1. The van der Waals surface area contributed by atoms with Crippen LogP contribution in [-0.4, -0.2) is 39.6 Å². The van der Waals surface area contributed by atoms with Crippen LogP contribution in [0.3, 0.4) is 0 Å². The van der Waals surface area contributed by atoms with Gasteiger partial charge in [-0.15, -0.1) is 11.3 Å². The van der Waals surface area contributed by atoms with Gasteiger partial charge in [-0.25, -0.2) is 4.98 Å². The number of furan rings is 1. The number of hydrogen-bond acceptors (Lipinski definition) is 5. The van der Waals surface area contributed by atoms with Crippen molar-refractivity contribution in [3.05, 3.63) is 29.5 Å². The summed E-state index contributed by atoms with van der Waals surface area (Å²) >= 11 is 1.37. The number of aromatic nitrogens is 1. The third-order valence-electron chi connectivity index (χ3n) is 2.81. The number of hydrogen-bond donors (Lipinski definition) is 1. The molecule has 1 aliphatic rings. The van der Waals surface area contributed by atoms with Crippen molar-refractivity contribution < 1.29 is 14.3 Å². The topological polar surface area (TPSA) is 66.6 Å². The summed E-state index contributed by atoms with van der Waals surface area (Å²) in [4.78, 5) is 17.9. The standard InChI is InChI=1S/C12H12N2O3S/c1-12(16)6-14(7-12)11(15)8-5-18-10(13-8)9-3-2-4-17-9/h2-5,16H,6-7H2,1H3. The summed E-state index contributed by atoms with van der Waals surface area (Å²) in [6.07, 6.45) is 1.57. The van der Waals surface area contributed by atoms with Gasteiger partial charge in [0.2, 0.25) is 0 Å². The first kappa shape index (κ1) is 11.4. The van der Waals surface area contributed by atoms with E-state index in [2.05, 4.69) is 4.98 Å². The number of nitrogens with zero attached hydrogens (tertiary/aromatic N) is 2. The fourth-order valence-corrected chi connectivity index (χ4v) is 2.73. The Balaban J connectivity index is 1.76. The molecule has 1 saturated heterocycles. The van der Waals surface area contributed by atoms with Gasteiger partial charge in [-0.2, -0.15) is 0 Å². The van der Waals surface area contributed by atoms with Crippen LogP contribution < -0.4 is 0 Å². The molecule has 2 aromatic heterocycles. The Morgan fingerprint density at radius 2 is 2.39 bits per heavy atom. The molecule has 0 bridgehead atoms. The lowest BCUT2D eigenvalue weighted by Gasteiger charge is -2.43. The fourth-order valence-electron chi connectivity index (χ4n) is 1.97. The molecule has 0 atom stereocenters. The van der Waals surface area contributed by atoms with Crippen molar-refractivity contribution in [1.29, 1.82) is 0 Å². The van der Waals surface area contributed by atoms with Gasteiger partial charge in [0.1, 0.15) is 5.69 Å². The van der Waals surface area contributed by atoms with Crippen molar-refractivity contribution >= 4 is 17.2 Å². The normalized spacial score (nSPS) is 17.6. The minimum Gasteiger partial charge on any atom is -0.462 e. The molecule has 2 aromatic rings. The van der Waals surface area contributed by atoms with E-state index in [0.717, 1.165) is 0 Å². The molecule has 0 aromatic carbocycles. The van der Waals surface area contributed by atoms with Gasteiger partial charge in [-0.3, -0.25) is 4.79 Å². The maximum atomic E-state index is 12.0. The first-order chi connectivity index (χ1) is 8.55. The van der Waals surface area contributed by atoms with Crippen LogP contribution in [0.15, 0.2) is 28.2 Å². The Labute approximate surface area is 108 Å². The van der Waals surface area contributed by atoms with Crippen LogP contribution >= 0.6 is 11.3 Å². The molecule has 94 valence electrons. The molecule has 3 heterocycles. The largest absolute Gasteiger partial charge is 0.462 e. The first-order valence-corrected chi connectivity index (χ1v) is 6.44. The maximum Gasteiger partial charge on any atom is 0.273 e. The summed E-state index contributed by atoms with van der Waals surface area (Å²) in [5.74, 6) is 0.519. The summed E-state index contributed by atoms with van der Waals surface area (Å²) in [5, 5.41) is 12.0. The van der Waals surface area contributed by atoms with Crippen LogP contribution in [0.25, 0.3) is 10.8 Å². The van der Waals surface area contributed by atoms with Gasteiger partial charge in [0.05, 0.1) is 25.0 Å². The molecule has 0 saturated carbocycles. The van der Waals surface area contributed by atoms with Crippen molar-refractivity contribution in [3.8, 4) is 10.8 Å². The van der Waals surface area contributed by atoms with Crippen molar-refractivity contribution in [2.75, 3.05) is 13.1 Å². The van der Waals surface area contributed by atoms with Crippen LogP contribution in [0.1, 0.15) is 17.4 Å². The van der Waals surface area contributed by atoms with E-state index in [9.17, 15) is 9.90 Å². The lowest BCUT2D eigenvalue weighted by molar-refractivity contribution is -0.0670. The zero-order valence-corrected chi connectivity index (χ0v) is 10.6. The lowest BCUT2D eigenvalue weighted by Crippen LogP contribution is -2.61. The predicted molar refractivity (Wildman–Crippen MR) is 66.3 cm³/mol. The fraction of sp³-hybridized carbons (Fsp3) is 0.333. The van der Waals surface area contributed by atoms with Gasteiger partial charge in [-0.05, 0) is 19.1 Å². The number of carbonyl (C=O) groups is 1. The van der Waals surface area contributed by atoms with Crippen LogP contribution in [0, 0.1) is 0 Å². The minimum atomic E-state index is -0.754. The van der Waals surface area contributed by atoms with Gasteiger partial charge in [-0.1, -0.05) is 0 Å². The molecule has 0 aliphatic carbocycles. The maximum absolute atomic E-state index is 12.0. The highest BCUT2D eigenvalue weighted by molar-refractivity contribution is 7.13. The number of carbonyl (C=O) groups excluding carboxylic acids is 1. The second-order valence-electron chi connectivity index (χ2n) is 4.67. The van der Waals surface area contributed by atoms with E-state index in [-0.39, 0.29) is 5.91 Å². The Bertz CT molecular complexity index is 566. The molecule has 0 unspecified atom stereocenters. The molecule has 5 nitrogen and oxygen atoms in total. The van der Waals surface area contributed by atoms with E-state index < -0.39 is 5.60 Å². The van der Waals surface area contributed by atoms with Gasteiger partial charge in [0.15, 0.2) is 10.8 Å². The smallest absolute Gasteiger partial charge is 0.273 e. The van der Waals surface area contributed by atoms with E-state index in [1.54, 1.807) is 29.5 Å². The summed E-state index contributed by atoms with van der Waals surface area (Å²) in [7, 11) is 0. The number of likely N-dealkylation sites (tertiary alicyclic amines) is 1. The van der Waals surface area contributed by atoms with E-state index in [1.165, 1.54) is 11.3 Å². The molecular weight excluding hydrogens is 252 g/mol. The van der Waals surface area contributed by atoms with Gasteiger partial charge in [0.25, 0.3) is 5.91 Å². The number of amides is 1. The van der Waals surface area contributed by atoms with Crippen molar-refractivity contribution in [2.24, 2.45) is 0 Å². The van der Waals surface area contributed by atoms with Gasteiger partial charge >= 0.3 is 0 Å². The van der Waals surface area contributed by atoms with Crippen LogP contribution in [0.2, 0.25) is 0 Å². The highest BCUT2D eigenvalue weighted by Gasteiger charge is 2.40. The molecule has 0 radical (unpaired) electrons. The van der Waals surface area contributed by atoms with E-state index in [0.29, 0.717) is 29.6 Å². The first-order valence-electron chi connectivity index (χ1n) is 5.56. The molecule has 1 aliphatic heterocycles. The minimum absolute atomic E-state index is 0.143. The zero-order valence-electron chi connectivity index (χ0n) is 9.79. The molecule has 1 N–H and O–H groups in total. The molecular formula is C12H12N2O3S. The lowest BCUT2D eigenvalue weighted by atomic mass is 9.97. The average Bonchev–Trinajstić information content (AvgIpc) is 2.94. The Morgan fingerprint density at radius 3 is 3.00 bits per heavy atom. The highest BCUT2D eigenvalue weighted by Crippen LogP contribution is 2.27. The Hall–Kier alpha value is -1.66. The summed E-state index contributed by atoms with van der Waals surface area (Å²) in [6, 6.07) is 3.59.